The van der Waals surface area contributed by atoms with E-state index in [1.807, 2.05) is 4.90 Å². The van der Waals surface area contributed by atoms with Crippen LogP contribution in [0.15, 0.2) is 0 Å². The number of nitrogens with zero attached hydrogens (tertiary/aromatic N) is 2. The number of amides is 2. The fourth-order valence-corrected chi connectivity index (χ4v) is 9.29. The molecule has 0 aliphatic carbocycles. The average Bonchev–Trinajstić information content (AvgIpc) is 3.63. The van der Waals surface area contributed by atoms with E-state index in [1.54, 1.807) is 18.9 Å². The Morgan fingerprint density at radius 2 is 1.95 bits per heavy atom. The summed E-state index contributed by atoms with van der Waals surface area (Å²) in [5, 5.41) is 19.7. The highest BCUT2D eigenvalue weighted by molar-refractivity contribution is 8.00. The third-order valence-corrected chi connectivity index (χ3v) is 11.3. The maximum atomic E-state index is 13.6. The van der Waals surface area contributed by atoms with Crippen molar-refractivity contribution in [3.05, 3.63) is 0 Å². The van der Waals surface area contributed by atoms with Crippen molar-refractivity contribution in [2.45, 2.75) is 72.7 Å². The monoisotopic (exact) mass is 570 g/mol. The maximum absolute atomic E-state index is 13.6. The van der Waals surface area contributed by atoms with Gasteiger partial charge in [0.15, 0.2) is 0 Å². The molecule has 11 unspecified atom stereocenters. The normalized spacial score (nSPS) is 45.6. The van der Waals surface area contributed by atoms with E-state index < -0.39 is 0 Å². The molecule has 6 fully saturated rings. The highest BCUT2D eigenvalue weighted by Crippen LogP contribution is 2.38. The lowest BCUT2D eigenvalue weighted by atomic mass is 9.70. The van der Waals surface area contributed by atoms with Crippen LogP contribution in [0, 0.1) is 17.8 Å². The van der Waals surface area contributed by atoms with Gasteiger partial charge in [0.1, 0.15) is 11.5 Å². The molecule has 11 nitrogen and oxygen atoms in total. The Morgan fingerprint density at radius 3 is 2.76 bits per heavy atom. The van der Waals surface area contributed by atoms with Crippen LogP contribution in [0.3, 0.4) is 0 Å². The van der Waals surface area contributed by atoms with Gasteiger partial charge in [-0.3, -0.25) is 25.6 Å². The molecule has 0 aromatic rings. The molecule has 6 saturated heterocycles. The van der Waals surface area contributed by atoms with Gasteiger partial charge in [0.05, 0.1) is 23.6 Å². The summed E-state index contributed by atoms with van der Waals surface area (Å²) in [5.74, 6) is 0.625. The maximum Gasteiger partial charge on any atom is 0.241 e. The number of methoxy groups -OCH3 is 1. The lowest BCUT2D eigenvalue weighted by molar-refractivity contribution is -0.135. The van der Waals surface area contributed by atoms with Crippen molar-refractivity contribution in [3.8, 4) is 0 Å². The zero-order valence-corrected chi connectivity index (χ0v) is 23.9. The van der Waals surface area contributed by atoms with Crippen molar-refractivity contribution in [1.29, 1.82) is 0 Å². The fraction of sp³-hybridized carbons (Fsp3) is 0.920. The van der Waals surface area contributed by atoms with Crippen LogP contribution in [0.4, 0.5) is 0 Å². The molecular formula is C25H43ClN8O3S. The second kappa shape index (κ2) is 11.7. The molecule has 13 heteroatoms. The summed E-state index contributed by atoms with van der Waals surface area (Å²) in [6.45, 7) is 7.68. The van der Waals surface area contributed by atoms with E-state index in [0.29, 0.717) is 25.7 Å². The van der Waals surface area contributed by atoms with Gasteiger partial charge in [0, 0.05) is 70.3 Å². The van der Waals surface area contributed by atoms with Crippen LogP contribution in [-0.4, -0.2) is 121 Å². The second-order valence-electron chi connectivity index (χ2n) is 11.8. The van der Waals surface area contributed by atoms with E-state index in [-0.39, 0.29) is 70.0 Å². The minimum atomic E-state index is -0.144. The summed E-state index contributed by atoms with van der Waals surface area (Å²) in [7, 11) is 1.75. The number of nitrogens with one attached hydrogen (secondary N) is 6. The van der Waals surface area contributed by atoms with Crippen molar-refractivity contribution in [3.63, 3.8) is 0 Å². The third kappa shape index (κ3) is 5.45. The molecule has 0 saturated carbocycles. The van der Waals surface area contributed by atoms with E-state index in [2.05, 4.69) is 43.9 Å². The van der Waals surface area contributed by atoms with E-state index in [0.717, 1.165) is 45.4 Å². The van der Waals surface area contributed by atoms with Gasteiger partial charge in [-0.25, -0.2) is 5.01 Å². The summed E-state index contributed by atoms with van der Waals surface area (Å²) in [5.41, 5.74) is 3.18. The molecule has 11 atom stereocenters. The summed E-state index contributed by atoms with van der Waals surface area (Å²) >= 11 is 8.23. The Balaban J connectivity index is 1.04. The number of carbonyl (C=O) groups is 2. The van der Waals surface area contributed by atoms with E-state index in [9.17, 15) is 9.59 Å². The van der Waals surface area contributed by atoms with Gasteiger partial charge >= 0.3 is 0 Å². The number of hydrazine groups is 1. The molecular weight excluding hydrogens is 528 g/mol. The van der Waals surface area contributed by atoms with Crippen molar-refractivity contribution in [1.82, 2.24) is 41.9 Å². The SMILES string of the molecule is COC1CNC(Cl)CC1C1CC(C)NCC1C(=O)NC1NC2CN(C(=O)C3NCCN4NCCC34)CC2S1. The van der Waals surface area contributed by atoms with Crippen LogP contribution in [0.5, 0.6) is 0 Å². The molecule has 0 spiro atoms. The predicted molar refractivity (Wildman–Crippen MR) is 147 cm³/mol. The Kier molecular flexibility index (Phi) is 8.42. The molecule has 6 heterocycles. The zero-order valence-electron chi connectivity index (χ0n) is 22.3. The molecule has 0 bridgehead atoms. The minimum Gasteiger partial charge on any atom is -0.380 e. The number of halogens is 1. The number of piperidine rings is 2. The van der Waals surface area contributed by atoms with E-state index in [4.69, 9.17) is 16.3 Å². The first-order valence-corrected chi connectivity index (χ1v) is 15.7. The quantitative estimate of drug-likeness (QED) is 0.175. The number of hydrogen-bond donors (Lipinski definition) is 6. The van der Waals surface area contributed by atoms with Crippen molar-refractivity contribution in [2.24, 2.45) is 17.8 Å². The summed E-state index contributed by atoms with van der Waals surface area (Å²) < 4.78 is 5.82. The molecule has 0 radical (unpaired) electrons. The summed E-state index contributed by atoms with van der Waals surface area (Å²) in [6, 6.07) is 0.638. The molecule has 2 amide bonds. The Bertz CT molecular complexity index is 876. The minimum absolute atomic E-state index is 0.0585. The molecule has 214 valence electrons. The van der Waals surface area contributed by atoms with Crippen LogP contribution < -0.4 is 32.0 Å². The number of fused-ring (bicyclic) bond motifs is 2. The lowest BCUT2D eigenvalue weighted by Crippen LogP contribution is -2.63. The molecule has 0 aromatic heterocycles. The highest BCUT2D eigenvalue weighted by Gasteiger charge is 2.48. The van der Waals surface area contributed by atoms with Gasteiger partial charge in [-0.05, 0) is 38.0 Å². The fourth-order valence-electron chi connectivity index (χ4n) is 7.59. The highest BCUT2D eigenvalue weighted by atomic mass is 35.5. The Hall–Kier alpha value is -0.700. The first-order chi connectivity index (χ1) is 18.4. The molecule has 6 aliphatic heterocycles. The van der Waals surface area contributed by atoms with Crippen LogP contribution >= 0.6 is 23.4 Å². The number of alkyl halides is 1. The average molecular weight is 571 g/mol. The number of carbonyl (C=O) groups excluding carboxylic acids is 2. The second-order valence-corrected chi connectivity index (χ2v) is 13.7. The number of thioether (sulfide) groups is 1. The van der Waals surface area contributed by atoms with Gasteiger partial charge in [-0.1, -0.05) is 0 Å². The first kappa shape index (κ1) is 27.5. The number of piperazine rings is 1. The Labute approximate surface area is 234 Å². The van der Waals surface area contributed by atoms with Crippen LogP contribution in [0.2, 0.25) is 0 Å². The first-order valence-electron chi connectivity index (χ1n) is 14.3. The van der Waals surface area contributed by atoms with Gasteiger partial charge in [0.25, 0.3) is 0 Å². The van der Waals surface area contributed by atoms with Crippen LogP contribution in [0.25, 0.3) is 0 Å². The number of hydrogen-bond acceptors (Lipinski definition) is 10. The lowest BCUT2D eigenvalue weighted by Gasteiger charge is -2.45. The van der Waals surface area contributed by atoms with Gasteiger partial charge in [-0.15, -0.1) is 23.4 Å². The summed E-state index contributed by atoms with van der Waals surface area (Å²) in [4.78, 5) is 29.0. The number of ether oxygens (including phenoxy) is 1. The van der Waals surface area contributed by atoms with Crippen LogP contribution in [0.1, 0.15) is 26.2 Å². The van der Waals surface area contributed by atoms with Gasteiger partial charge in [0.2, 0.25) is 11.8 Å². The summed E-state index contributed by atoms with van der Waals surface area (Å²) in [6.07, 6.45) is 2.79. The molecule has 6 rings (SSSR count). The molecule has 0 aromatic carbocycles. The van der Waals surface area contributed by atoms with E-state index >= 15 is 0 Å². The Morgan fingerprint density at radius 1 is 1.08 bits per heavy atom. The molecule has 6 N–H and O–H groups in total. The smallest absolute Gasteiger partial charge is 0.241 e. The zero-order chi connectivity index (χ0) is 26.4. The number of likely N-dealkylation sites (tertiary alicyclic amines) is 1. The van der Waals surface area contributed by atoms with E-state index in [1.165, 1.54) is 0 Å². The van der Waals surface area contributed by atoms with Crippen molar-refractivity contribution < 1.29 is 14.3 Å². The third-order valence-electron chi connectivity index (χ3n) is 9.57. The topological polar surface area (TPSA) is 122 Å². The van der Waals surface area contributed by atoms with Gasteiger partial charge < -0.3 is 25.6 Å². The standard InChI is InChI=1S/C25H43ClN8O3S/c1-13-7-14(15-8-21(26)29-10-19(15)37-2)16(9-28-13)23(35)32-25-31-17-11-33(12-20(17)38-25)24(36)22-18-3-4-30-34(18)6-5-27-22/h13-22,25,27-31H,3-12H2,1-2H3,(H,32,35). The molecule has 38 heavy (non-hydrogen) atoms. The molecule has 6 aliphatic rings. The van der Waals surface area contributed by atoms with Crippen LogP contribution in [-0.2, 0) is 14.3 Å². The predicted octanol–water partition coefficient (Wildman–Crippen LogP) is -1.34. The van der Waals surface area contributed by atoms with Crippen molar-refractivity contribution in [2.75, 3.05) is 52.9 Å². The van der Waals surface area contributed by atoms with Crippen molar-refractivity contribution >= 4 is 35.2 Å². The number of rotatable bonds is 5. The largest absolute Gasteiger partial charge is 0.380 e. The van der Waals surface area contributed by atoms with Gasteiger partial charge in [-0.2, -0.15) is 0 Å².